The van der Waals surface area contributed by atoms with Gasteiger partial charge in [-0.2, -0.15) is 0 Å². The van der Waals surface area contributed by atoms with Crippen LogP contribution in [0.4, 0.5) is 0 Å². The molecule has 140 valence electrons. The molecule has 2 rings (SSSR count). The topological polar surface area (TPSA) is 78.4 Å². The van der Waals surface area contributed by atoms with Gasteiger partial charge in [-0.15, -0.1) is 11.3 Å². The van der Waals surface area contributed by atoms with Gasteiger partial charge in [0, 0.05) is 31.1 Å². The molecule has 0 saturated heterocycles. The van der Waals surface area contributed by atoms with Gasteiger partial charge in [-0.1, -0.05) is 32.0 Å². The van der Waals surface area contributed by atoms with E-state index in [2.05, 4.69) is 45.2 Å². The average Bonchev–Trinajstić information content (AvgIpc) is 3.14. The van der Waals surface area contributed by atoms with Crippen molar-refractivity contribution in [1.29, 1.82) is 0 Å². The van der Waals surface area contributed by atoms with Gasteiger partial charge in [0.2, 0.25) is 0 Å². The second-order valence-electron chi connectivity index (χ2n) is 6.15. The van der Waals surface area contributed by atoms with Gasteiger partial charge >= 0.3 is 0 Å². The van der Waals surface area contributed by atoms with E-state index in [0.29, 0.717) is 24.6 Å². The minimum Gasteiger partial charge on any atom is -0.356 e. The van der Waals surface area contributed by atoms with Crippen molar-refractivity contribution in [2.24, 2.45) is 4.99 Å². The molecule has 3 N–H and O–H groups in total. The van der Waals surface area contributed by atoms with Gasteiger partial charge in [0.15, 0.2) is 5.96 Å². The monoisotopic (exact) mass is 373 g/mol. The predicted octanol–water partition coefficient (Wildman–Crippen LogP) is 2.75. The summed E-state index contributed by atoms with van der Waals surface area (Å²) in [4.78, 5) is 20.7. The van der Waals surface area contributed by atoms with Gasteiger partial charge in [0.05, 0.1) is 12.2 Å². The minimum atomic E-state index is -0.0437. The number of thiazole rings is 1. The van der Waals surface area contributed by atoms with E-state index in [-0.39, 0.29) is 5.91 Å². The molecule has 0 aliphatic rings. The van der Waals surface area contributed by atoms with E-state index in [1.54, 1.807) is 18.4 Å². The highest BCUT2D eigenvalue weighted by Gasteiger charge is 2.06. The molecule has 0 saturated carbocycles. The number of aliphatic imine (C=N–C) groups is 1. The Kier molecular flexibility index (Phi) is 8.08. The lowest BCUT2D eigenvalue weighted by Gasteiger charge is -2.11. The Bertz CT molecular complexity index is 712. The summed E-state index contributed by atoms with van der Waals surface area (Å²) < 4.78 is 0. The molecule has 1 heterocycles. The van der Waals surface area contributed by atoms with Gasteiger partial charge in [-0.3, -0.25) is 9.79 Å². The van der Waals surface area contributed by atoms with Crippen LogP contribution in [-0.2, 0) is 6.54 Å². The van der Waals surface area contributed by atoms with E-state index in [9.17, 15) is 4.79 Å². The average molecular weight is 374 g/mol. The Morgan fingerprint density at radius 2 is 1.88 bits per heavy atom. The third kappa shape index (κ3) is 6.48. The lowest BCUT2D eigenvalue weighted by molar-refractivity contribution is 0.0953. The summed E-state index contributed by atoms with van der Waals surface area (Å²) in [7, 11) is 1.74. The summed E-state index contributed by atoms with van der Waals surface area (Å²) in [6, 6.07) is 9.23. The molecule has 0 unspecified atom stereocenters. The summed E-state index contributed by atoms with van der Waals surface area (Å²) in [6.45, 7) is 6.28. The fourth-order valence-corrected chi connectivity index (χ4v) is 3.14. The molecule has 0 aliphatic carbocycles. The van der Waals surface area contributed by atoms with Crippen LogP contribution in [0.15, 0.2) is 40.7 Å². The van der Waals surface area contributed by atoms with Crippen LogP contribution in [0.3, 0.4) is 0 Å². The molecular formula is C19H27N5OS. The van der Waals surface area contributed by atoms with Crippen molar-refractivity contribution in [2.75, 3.05) is 20.1 Å². The van der Waals surface area contributed by atoms with E-state index in [4.69, 9.17) is 0 Å². The van der Waals surface area contributed by atoms with Crippen LogP contribution in [0.5, 0.6) is 0 Å². The number of aromatic nitrogens is 1. The normalized spacial score (nSPS) is 11.5. The van der Waals surface area contributed by atoms with Crippen molar-refractivity contribution < 1.29 is 4.79 Å². The summed E-state index contributed by atoms with van der Waals surface area (Å²) in [5.41, 5.74) is 1.81. The number of guanidine groups is 1. The van der Waals surface area contributed by atoms with Gasteiger partial charge in [0.25, 0.3) is 5.91 Å². The zero-order valence-electron chi connectivity index (χ0n) is 15.6. The summed E-state index contributed by atoms with van der Waals surface area (Å²) in [5.74, 6) is 1.14. The smallest absolute Gasteiger partial charge is 0.251 e. The highest BCUT2D eigenvalue weighted by molar-refractivity contribution is 7.09. The molecule has 26 heavy (non-hydrogen) atoms. The number of amides is 1. The fraction of sp³-hybridized carbons (Fsp3) is 0.421. The number of carbonyl (C=O) groups excluding carboxylic acids is 1. The molecule has 0 bridgehead atoms. The third-order valence-electron chi connectivity index (χ3n) is 3.76. The maximum Gasteiger partial charge on any atom is 0.251 e. The largest absolute Gasteiger partial charge is 0.356 e. The van der Waals surface area contributed by atoms with Gasteiger partial charge in [0.1, 0.15) is 5.01 Å². The standard InChI is InChI=1S/C19H27N5OS/c1-14(2)16-13-26-17(24-16)12-23-19(20-3)22-11-7-10-21-18(25)15-8-5-4-6-9-15/h4-6,8-9,13-14H,7,10-12H2,1-3H3,(H,21,25)(H2,20,22,23). The number of carbonyl (C=O) groups is 1. The minimum absolute atomic E-state index is 0.0437. The van der Waals surface area contributed by atoms with E-state index < -0.39 is 0 Å². The van der Waals surface area contributed by atoms with E-state index >= 15 is 0 Å². The molecule has 0 radical (unpaired) electrons. The molecule has 7 heteroatoms. The van der Waals surface area contributed by atoms with Crippen molar-refractivity contribution in [3.8, 4) is 0 Å². The third-order valence-corrected chi connectivity index (χ3v) is 4.63. The van der Waals surface area contributed by atoms with Gasteiger partial charge in [-0.25, -0.2) is 4.98 Å². The Labute approximate surface area is 159 Å². The molecule has 0 spiro atoms. The lowest BCUT2D eigenvalue weighted by atomic mass is 10.2. The van der Waals surface area contributed by atoms with Crippen LogP contribution in [0.25, 0.3) is 0 Å². The number of nitrogens with zero attached hydrogens (tertiary/aromatic N) is 2. The Hall–Kier alpha value is -2.41. The number of benzene rings is 1. The second kappa shape index (κ2) is 10.6. The molecule has 0 atom stereocenters. The molecule has 1 aromatic heterocycles. The maximum absolute atomic E-state index is 11.9. The van der Waals surface area contributed by atoms with Crippen molar-refractivity contribution in [2.45, 2.75) is 32.7 Å². The van der Waals surface area contributed by atoms with Gasteiger partial charge < -0.3 is 16.0 Å². The molecule has 1 amide bonds. The Morgan fingerprint density at radius 1 is 1.15 bits per heavy atom. The molecule has 1 aromatic carbocycles. The van der Waals surface area contributed by atoms with Crippen molar-refractivity contribution >= 4 is 23.2 Å². The number of hydrogen-bond donors (Lipinski definition) is 3. The zero-order chi connectivity index (χ0) is 18.8. The Morgan fingerprint density at radius 3 is 2.54 bits per heavy atom. The van der Waals surface area contributed by atoms with Crippen molar-refractivity contribution in [3.63, 3.8) is 0 Å². The first kappa shape index (κ1) is 19.9. The van der Waals surface area contributed by atoms with Crippen molar-refractivity contribution in [3.05, 3.63) is 52.0 Å². The first-order chi connectivity index (χ1) is 12.6. The SMILES string of the molecule is CN=C(NCCCNC(=O)c1ccccc1)NCc1nc(C(C)C)cs1. The van der Waals surface area contributed by atoms with E-state index in [1.165, 1.54) is 0 Å². The fourth-order valence-electron chi connectivity index (χ4n) is 2.24. The summed E-state index contributed by atoms with van der Waals surface area (Å²) in [6.07, 6.45) is 0.814. The van der Waals surface area contributed by atoms with Crippen molar-refractivity contribution in [1.82, 2.24) is 20.9 Å². The van der Waals surface area contributed by atoms with Gasteiger partial charge in [-0.05, 0) is 24.5 Å². The highest BCUT2D eigenvalue weighted by Crippen LogP contribution is 2.17. The second-order valence-corrected chi connectivity index (χ2v) is 7.09. The number of hydrogen-bond acceptors (Lipinski definition) is 4. The Balaban J connectivity index is 1.63. The predicted molar refractivity (Wildman–Crippen MR) is 108 cm³/mol. The maximum atomic E-state index is 11.9. The number of rotatable bonds is 8. The summed E-state index contributed by atoms with van der Waals surface area (Å²) >= 11 is 1.66. The zero-order valence-corrected chi connectivity index (χ0v) is 16.4. The van der Waals surface area contributed by atoms with Crippen LogP contribution in [0, 0.1) is 0 Å². The van der Waals surface area contributed by atoms with Crippen LogP contribution >= 0.6 is 11.3 Å². The highest BCUT2D eigenvalue weighted by atomic mass is 32.1. The molecule has 0 fully saturated rings. The first-order valence-electron chi connectivity index (χ1n) is 8.82. The van der Waals surface area contributed by atoms with Crippen LogP contribution in [0.2, 0.25) is 0 Å². The van der Waals surface area contributed by atoms with Crippen LogP contribution in [0.1, 0.15) is 47.2 Å². The molecule has 6 nitrogen and oxygen atoms in total. The van der Waals surface area contributed by atoms with E-state index in [1.807, 2.05) is 30.3 Å². The molecule has 0 aliphatic heterocycles. The summed E-state index contributed by atoms with van der Waals surface area (Å²) in [5, 5.41) is 12.6. The quantitative estimate of drug-likeness (QED) is 0.378. The number of nitrogens with one attached hydrogen (secondary N) is 3. The van der Waals surface area contributed by atoms with Crippen LogP contribution in [-0.4, -0.2) is 37.0 Å². The molecular weight excluding hydrogens is 346 g/mol. The van der Waals surface area contributed by atoms with Crippen LogP contribution < -0.4 is 16.0 Å². The van der Waals surface area contributed by atoms with E-state index in [0.717, 1.165) is 29.6 Å². The molecule has 2 aromatic rings. The first-order valence-corrected chi connectivity index (χ1v) is 9.70. The lowest BCUT2D eigenvalue weighted by Crippen LogP contribution is -2.38.